The highest BCUT2D eigenvalue weighted by Crippen LogP contribution is 2.12. The molecular formula is C14H19ClF2N2O2. The van der Waals surface area contributed by atoms with Crippen molar-refractivity contribution in [3.8, 4) is 0 Å². The highest BCUT2D eigenvalue weighted by Gasteiger charge is 2.17. The van der Waals surface area contributed by atoms with Gasteiger partial charge in [0.05, 0.1) is 19.7 Å². The number of hydrogen-bond donors (Lipinski definition) is 1. The Kier molecular flexibility index (Phi) is 7.56. The Hall–Kier alpha value is -1.24. The van der Waals surface area contributed by atoms with Crippen molar-refractivity contribution in [2.75, 3.05) is 33.3 Å². The highest BCUT2D eigenvalue weighted by molar-refractivity contribution is 6.30. The van der Waals surface area contributed by atoms with E-state index in [1.54, 1.807) is 25.2 Å². The fourth-order valence-electron chi connectivity index (χ4n) is 1.88. The van der Waals surface area contributed by atoms with Gasteiger partial charge in [-0.05, 0) is 17.7 Å². The SMILES string of the molecule is CN(Cc1cccc(Cl)c1)C(=O)CN(CCO)CC(F)F. The molecule has 1 aromatic rings. The van der Waals surface area contributed by atoms with E-state index < -0.39 is 13.0 Å². The molecule has 0 atom stereocenters. The summed E-state index contributed by atoms with van der Waals surface area (Å²) >= 11 is 5.87. The van der Waals surface area contributed by atoms with Crippen LogP contribution in [0.2, 0.25) is 5.02 Å². The maximum absolute atomic E-state index is 12.4. The van der Waals surface area contributed by atoms with Gasteiger partial charge >= 0.3 is 0 Å². The fraction of sp³-hybridized carbons (Fsp3) is 0.500. The molecule has 0 aromatic heterocycles. The lowest BCUT2D eigenvalue weighted by molar-refractivity contribution is -0.132. The Labute approximate surface area is 127 Å². The molecule has 0 saturated carbocycles. The minimum atomic E-state index is -2.54. The van der Waals surface area contributed by atoms with Crippen LogP contribution in [0.15, 0.2) is 24.3 Å². The van der Waals surface area contributed by atoms with Gasteiger partial charge in [-0.25, -0.2) is 8.78 Å². The number of carbonyl (C=O) groups is 1. The van der Waals surface area contributed by atoms with Crippen LogP contribution in [-0.2, 0) is 11.3 Å². The maximum atomic E-state index is 12.4. The van der Waals surface area contributed by atoms with Crippen LogP contribution in [0.4, 0.5) is 8.78 Å². The van der Waals surface area contributed by atoms with Crippen LogP contribution in [-0.4, -0.2) is 60.5 Å². The molecular weight excluding hydrogens is 302 g/mol. The summed E-state index contributed by atoms with van der Waals surface area (Å²) in [4.78, 5) is 14.7. The summed E-state index contributed by atoms with van der Waals surface area (Å²) in [7, 11) is 1.60. The Morgan fingerprint density at radius 2 is 2.14 bits per heavy atom. The topological polar surface area (TPSA) is 43.8 Å². The molecule has 0 unspecified atom stereocenters. The van der Waals surface area contributed by atoms with Crippen LogP contribution in [0.25, 0.3) is 0 Å². The summed E-state index contributed by atoms with van der Waals surface area (Å²) in [6, 6.07) is 7.10. The van der Waals surface area contributed by atoms with E-state index in [2.05, 4.69) is 0 Å². The smallest absolute Gasteiger partial charge is 0.251 e. The van der Waals surface area contributed by atoms with Crippen LogP contribution in [0.5, 0.6) is 0 Å². The summed E-state index contributed by atoms with van der Waals surface area (Å²) < 4.78 is 24.8. The van der Waals surface area contributed by atoms with Crippen molar-refractivity contribution in [1.29, 1.82) is 0 Å². The molecule has 0 fully saturated rings. The zero-order valence-electron chi connectivity index (χ0n) is 11.8. The van der Waals surface area contributed by atoms with E-state index in [0.717, 1.165) is 5.56 Å². The van der Waals surface area contributed by atoms with Crippen LogP contribution in [0.3, 0.4) is 0 Å². The van der Waals surface area contributed by atoms with Crippen LogP contribution >= 0.6 is 11.6 Å². The van der Waals surface area contributed by atoms with Crippen LogP contribution in [0.1, 0.15) is 5.56 Å². The van der Waals surface area contributed by atoms with Gasteiger partial charge in [-0.2, -0.15) is 0 Å². The Morgan fingerprint density at radius 1 is 1.43 bits per heavy atom. The molecule has 1 amide bonds. The van der Waals surface area contributed by atoms with E-state index in [4.69, 9.17) is 16.7 Å². The van der Waals surface area contributed by atoms with Crippen molar-refractivity contribution in [1.82, 2.24) is 9.80 Å². The first-order valence-electron chi connectivity index (χ1n) is 6.52. The molecule has 21 heavy (non-hydrogen) atoms. The molecule has 0 aliphatic carbocycles. The minimum Gasteiger partial charge on any atom is -0.395 e. The van der Waals surface area contributed by atoms with Crippen molar-refractivity contribution >= 4 is 17.5 Å². The second-order valence-electron chi connectivity index (χ2n) is 4.73. The van der Waals surface area contributed by atoms with E-state index in [1.807, 2.05) is 6.07 Å². The average molecular weight is 321 g/mol. The van der Waals surface area contributed by atoms with Gasteiger partial charge in [-0.15, -0.1) is 0 Å². The number of aliphatic hydroxyl groups is 1. The summed E-state index contributed by atoms with van der Waals surface area (Å²) in [5.74, 6) is -0.288. The highest BCUT2D eigenvalue weighted by atomic mass is 35.5. The molecule has 4 nitrogen and oxygen atoms in total. The van der Waals surface area contributed by atoms with Crippen molar-refractivity contribution in [3.63, 3.8) is 0 Å². The number of likely N-dealkylation sites (N-methyl/N-ethyl adjacent to an activating group) is 1. The van der Waals surface area contributed by atoms with Gasteiger partial charge in [-0.3, -0.25) is 9.69 Å². The predicted molar refractivity (Wildman–Crippen MR) is 77.5 cm³/mol. The van der Waals surface area contributed by atoms with E-state index in [0.29, 0.717) is 11.6 Å². The van der Waals surface area contributed by atoms with Crippen molar-refractivity contribution < 1.29 is 18.7 Å². The number of carbonyl (C=O) groups excluding carboxylic acids is 1. The first-order chi connectivity index (χ1) is 9.92. The largest absolute Gasteiger partial charge is 0.395 e. The third-order valence-electron chi connectivity index (χ3n) is 2.91. The molecule has 0 spiro atoms. The molecule has 0 heterocycles. The van der Waals surface area contributed by atoms with E-state index in [9.17, 15) is 13.6 Å². The lowest BCUT2D eigenvalue weighted by atomic mass is 10.2. The van der Waals surface area contributed by atoms with Crippen molar-refractivity contribution in [3.05, 3.63) is 34.9 Å². The summed E-state index contributed by atoms with van der Waals surface area (Å²) in [5.41, 5.74) is 0.862. The number of aliphatic hydroxyl groups excluding tert-OH is 1. The molecule has 0 aliphatic rings. The fourth-order valence-corrected chi connectivity index (χ4v) is 2.09. The third kappa shape index (κ3) is 6.84. The molecule has 0 radical (unpaired) electrons. The van der Waals surface area contributed by atoms with Gasteiger partial charge in [0.15, 0.2) is 0 Å². The molecule has 1 aromatic carbocycles. The Morgan fingerprint density at radius 3 is 2.71 bits per heavy atom. The number of rotatable bonds is 8. The molecule has 7 heteroatoms. The summed E-state index contributed by atoms with van der Waals surface area (Å²) in [5, 5.41) is 9.42. The lowest BCUT2D eigenvalue weighted by Crippen LogP contribution is -2.41. The Balaban J connectivity index is 2.56. The van der Waals surface area contributed by atoms with Gasteiger partial charge in [0, 0.05) is 25.2 Å². The van der Waals surface area contributed by atoms with Gasteiger partial charge < -0.3 is 10.0 Å². The summed E-state index contributed by atoms with van der Waals surface area (Å²) in [6.07, 6.45) is -2.54. The molecule has 1 rings (SSSR count). The van der Waals surface area contributed by atoms with E-state index in [1.165, 1.54) is 9.80 Å². The molecule has 0 aliphatic heterocycles. The van der Waals surface area contributed by atoms with Gasteiger partial charge in [-0.1, -0.05) is 23.7 Å². The van der Waals surface area contributed by atoms with Crippen LogP contribution < -0.4 is 0 Å². The number of hydrogen-bond acceptors (Lipinski definition) is 3. The number of benzene rings is 1. The number of halogens is 3. The second kappa shape index (κ2) is 8.92. The van der Waals surface area contributed by atoms with E-state index in [-0.39, 0.29) is 25.6 Å². The first-order valence-corrected chi connectivity index (χ1v) is 6.90. The Bertz CT molecular complexity index is 460. The van der Waals surface area contributed by atoms with Gasteiger partial charge in [0.2, 0.25) is 5.91 Å². The lowest BCUT2D eigenvalue weighted by Gasteiger charge is -2.24. The number of nitrogens with zero attached hydrogens (tertiary/aromatic N) is 2. The maximum Gasteiger partial charge on any atom is 0.251 e. The normalized spacial score (nSPS) is 11.2. The average Bonchev–Trinajstić information content (AvgIpc) is 2.38. The molecule has 118 valence electrons. The molecule has 1 N–H and O–H groups in total. The van der Waals surface area contributed by atoms with Crippen LogP contribution in [0, 0.1) is 0 Å². The van der Waals surface area contributed by atoms with Crippen molar-refractivity contribution in [2.24, 2.45) is 0 Å². The number of alkyl halides is 2. The molecule has 0 bridgehead atoms. The standard InChI is InChI=1S/C14H19ClF2N2O2/c1-18(8-11-3-2-4-12(15)7-11)14(21)10-19(5-6-20)9-13(16)17/h2-4,7,13,20H,5-6,8-10H2,1H3. The van der Waals surface area contributed by atoms with Gasteiger partial charge in [0.25, 0.3) is 6.43 Å². The zero-order valence-corrected chi connectivity index (χ0v) is 12.6. The third-order valence-corrected chi connectivity index (χ3v) is 3.14. The second-order valence-corrected chi connectivity index (χ2v) is 5.17. The monoisotopic (exact) mass is 320 g/mol. The minimum absolute atomic E-state index is 0.0427. The quantitative estimate of drug-likeness (QED) is 0.795. The number of amides is 1. The van der Waals surface area contributed by atoms with E-state index >= 15 is 0 Å². The molecule has 0 saturated heterocycles. The van der Waals surface area contributed by atoms with Crippen molar-refractivity contribution in [2.45, 2.75) is 13.0 Å². The van der Waals surface area contributed by atoms with Gasteiger partial charge in [0.1, 0.15) is 0 Å². The summed E-state index contributed by atoms with van der Waals surface area (Å²) in [6.45, 7) is -0.556. The predicted octanol–water partition coefficient (Wildman–Crippen LogP) is 1.86. The first kappa shape index (κ1) is 17.8. The zero-order chi connectivity index (χ0) is 15.8.